The molecule has 2 aromatic heterocycles. The molecule has 0 saturated heterocycles. The minimum Gasteiger partial charge on any atom is -0.244 e. The molecule has 3 aromatic rings. The van der Waals surface area contributed by atoms with Gasteiger partial charge in [0.05, 0.1) is 10.6 Å². The fraction of sp³-hybridized carbons (Fsp3) is 0.0714. The molecule has 0 atom stereocenters. The average molecular weight is 300 g/mol. The third kappa shape index (κ3) is 2.13. The lowest BCUT2D eigenvalue weighted by Crippen LogP contribution is -2.16. The molecule has 21 heavy (non-hydrogen) atoms. The van der Waals surface area contributed by atoms with Crippen LogP contribution in [0.25, 0.3) is 11.0 Å². The Bertz CT molecular complexity index is 907. The molecule has 0 fully saturated rings. The molecular formula is C14H10BFN2O2S. The molecule has 0 bridgehead atoms. The highest BCUT2D eigenvalue weighted by Gasteiger charge is 2.23. The molecule has 3 rings (SSSR count). The Morgan fingerprint density at radius 3 is 2.57 bits per heavy atom. The number of alkyl halides is 1. The minimum atomic E-state index is -3.92. The molecule has 0 aliphatic rings. The highest BCUT2D eigenvalue weighted by atomic mass is 32.2. The first kappa shape index (κ1) is 13.8. The zero-order chi connectivity index (χ0) is 15.0. The van der Waals surface area contributed by atoms with Crippen molar-refractivity contribution >= 4 is 34.4 Å². The fourth-order valence-electron chi connectivity index (χ4n) is 2.21. The van der Waals surface area contributed by atoms with Crippen LogP contribution in [0.1, 0.15) is 5.69 Å². The van der Waals surface area contributed by atoms with Crippen LogP contribution in [-0.2, 0) is 16.7 Å². The van der Waals surface area contributed by atoms with Gasteiger partial charge in [0.25, 0.3) is 10.0 Å². The number of aromatic nitrogens is 2. The maximum absolute atomic E-state index is 13.2. The Balaban J connectivity index is 2.37. The summed E-state index contributed by atoms with van der Waals surface area (Å²) in [5.74, 6) is 0. The Morgan fingerprint density at radius 1 is 1.19 bits per heavy atom. The van der Waals surface area contributed by atoms with E-state index < -0.39 is 16.7 Å². The Labute approximate surface area is 122 Å². The second-order valence-electron chi connectivity index (χ2n) is 4.49. The van der Waals surface area contributed by atoms with E-state index in [1.165, 1.54) is 24.4 Å². The highest BCUT2D eigenvalue weighted by Crippen LogP contribution is 2.23. The average Bonchev–Trinajstić information content (AvgIpc) is 2.89. The van der Waals surface area contributed by atoms with Gasteiger partial charge in [0.2, 0.25) is 0 Å². The first-order chi connectivity index (χ1) is 10.1. The van der Waals surface area contributed by atoms with Crippen molar-refractivity contribution < 1.29 is 12.8 Å². The van der Waals surface area contributed by atoms with Gasteiger partial charge in [-0.25, -0.2) is 21.8 Å². The predicted octanol–water partition coefficient (Wildman–Crippen LogP) is 1.54. The van der Waals surface area contributed by atoms with Crippen molar-refractivity contribution in [1.29, 1.82) is 0 Å². The van der Waals surface area contributed by atoms with Crippen molar-refractivity contribution in [2.24, 2.45) is 0 Å². The first-order valence-electron chi connectivity index (χ1n) is 6.17. The molecule has 0 amide bonds. The zero-order valence-electron chi connectivity index (χ0n) is 10.9. The summed E-state index contributed by atoms with van der Waals surface area (Å²) in [5, 5.41) is 0.421. The van der Waals surface area contributed by atoms with Gasteiger partial charge in [-0.05, 0) is 18.2 Å². The normalized spacial score (nSPS) is 11.9. The van der Waals surface area contributed by atoms with Gasteiger partial charge >= 0.3 is 0 Å². The number of hydrogen-bond donors (Lipinski definition) is 0. The summed E-state index contributed by atoms with van der Waals surface area (Å²) in [6, 6.07) is 10.8. The molecule has 104 valence electrons. The summed E-state index contributed by atoms with van der Waals surface area (Å²) in [7, 11) is 1.88. The topological polar surface area (TPSA) is 52.0 Å². The standard InChI is InChI=1S/C14H10BFN2O2S/c15-13-6-7-17-14-12(13)8-10(9-16)18(14)21(19,20)11-4-2-1-3-5-11/h1-8H,9H2. The number of halogens is 1. The van der Waals surface area contributed by atoms with Crippen molar-refractivity contribution in [3.63, 3.8) is 0 Å². The van der Waals surface area contributed by atoms with E-state index in [1.807, 2.05) is 0 Å². The SMILES string of the molecule is [B]c1ccnc2c1cc(CF)n2S(=O)(=O)c1ccccc1. The lowest BCUT2D eigenvalue weighted by atomic mass is 9.94. The van der Waals surface area contributed by atoms with Crippen LogP contribution in [0.4, 0.5) is 4.39 Å². The van der Waals surface area contributed by atoms with Gasteiger partial charge in [0, 0.05) is 11.6 Å². The van der Waals surface area contributed by atoms with Gasteiger partial charge in [0.1, 0.15) is 14.5 Å². The minimum absolute atomic E-state index is 0.000692. The molecule has 2 radical (unpaired) electrons. The second-order valence-corrected chi connectivity index (χ2v) is 6.28. The number of nitrogens with zero attached hydrogens (tertiary/aromatic N) is 2. The van der Waals surface area contributed by atoms with Gasteiger partial charge in [-0.3, -0.25) is 0 Å². The van der Waals surface area contributed by atoms with E-state index in [9.17, 15) is 12.8 Å². The molecular weight excluding hydrogens is 290 g/mol. The number of hydrogen-bond acceptors (Lipinski definition) is 3. The van der Waals surface area contributed by atoms with Crippen LogP contribution < -0.4 is 5.46 Å². The van der Waals surface area contributed by atoms with Gasteiger partial charge in [-0.2, -0.15) is 0 Å². The Morgan fingerprint density at radius 2 is 1.90 bits per heavy atom. The van der Waals surface area contributed by atoms with E-state index in [0.29, 0.717) is 10.8 Å². The van der Waals surface area contributed by atoms with Crippen LogP contribution in [-0.4, -0.2) is 25.2 Å². The highest BCUT2D eigenvalue weighted by molar-refractivity contribution is 7.90. The lowest BCUT2D eigenvalue weighted by molar-refractivity contribution is 0.472. The molecule has 2 heterocycles. The van der Waals surface area contributed by atoms with E-state index in [0.717, 1.165) is 3.97 Å². The van der Waals surface area contributed by atoms with Gasteiger partial charge in [-0.1, -0.05) is 29.7 Å². The van der Waals surface area contributed by atoms with Crippen molar-refractivity contribution in [1.82, 2.24) is 8.96 Å². The van der Waals surface area contributed by atoms with Gasteiger partial charge in [-0.15, -0.1) is 0 Å². The van der Waals surface area contributed by atoms with Crippen LogP contribution in [0.15, 0.2) is 53.6 Å². The predicted molar refractivity (Wildman–Crippen MR) is 79.0 cm³/mol. The quantitative estimate of drug-likeness (QED) is 0.689. The number of fused-ring (bicyclic) bond motifs is 1. The van der Waals surface area contributed by atoms with Gasteiger partial charge < -0.3 is 0 Å². The summed E-state index contributed by atoms with van der Waals surface area (Å²) in [6.07, 6.45) is 1.40. The monoisotopic (exact) mass is 300 g/mol. The van der Waals surface area contributed by atoms with Crippen LogP contribution in [0.5, 0.6) is 0 Å². The lowest BCUT2D eigenvalue weighted by Gasteiger charge is -2.09. The van der Waals surface area contributed by atoms with Crippen molar-refractivity contribution in [2.75, 3.05) is 0 Å². The second kappa shape index (κ2) is 5.00. The van der Waals surface area contributed by atoms with E-state index >= 15 is 0 Å². The molecule has 0 N–H and O–H groups in total. The van der Waals surface area contributed by atoms with Crippen LogP contribution in [0, 0.1) is 0 Å². The summed E-state index contributed by atoms with van der Waals surface area (Å²) in [6.45, 7) is -0.929. The third-order valence-corrected chi connectivity index (χ3v) is 4.94. The Kier molecular flexibility index (Phi) is 3.29. The summed E-state index contributed by atoms with van der Waals surface area (Å²) in [4.78, 5) is 4.11. The molecule has 7 heteroatoms. The molecule has 0 saturated carbocycles. The molecule has 0 spiro atoms. The summed E-state index contributed by atoms with van der Waals surface area (Å²) < 4.78 is 39.6. The summed E-state index contributed by atoms with van der Waals surface area (Å²) in [5.41, 5.74) is 0.488. The third-order valence-electron chi connectivity index (χ3n) is 3.19. The maximum atomic E-state index is 13.2. The number of pyridine rings is 1. The van der Waals surface area contributed by atoms with E-state index in [4.69, 9.17) is 7.85 Å². The fourth-order valence-corrected chi connectivity index (χ4v) is 3.70. The Hall–Kier alpha value is -2.15. The maximum Gasteiger partial charge on any atom is 0.269 e. The van der Waals surface area contributed by atoms with E-state index in [-0.39, 0.29) is 16.2 Å². The van der Waals surface area contributed by atoms with Crippen LogP contribution in [0.2, 0.25) is 0 Å². The molecule has 0 aliphatic carbocycles. The molecule has 1 aromatic carbocycles. The zero-order valence-corrected chi connectivity index (χ0v) is 11.7. The van der Waals surface area contributed by atoms with Crippen molar-refractivity contribution in [2.45, 2.75) is 11.6 Å². The first-order valence-corrected chi connectivity index (χ1v) is 7.61. The van der Waals surface area contributed by atoms with Crippen LogP contribution in [0.3, 0.4) is 0 Å². The number of benzene rings is 1. The molecule has 0 aliphatic heterocycles. The van der Waals surface area contributed by atoms with Crippen molar-refractivity contribution in [3.8, 4) is 0 Å². The molecule has 4 nitrogen and oxygen atoms in total. The summed E-state index contributed by atoms with van der Waals surface area (Å²) >= 11 is 0. The largest absolute Gasteiger partial charge is 0.269 e. The van der Waals surface area contributed by atoms with Crippen LogP contribution >= 0.6 is 0 Å². The molecule has 0 unspecified atom stereocenters. The van der Waals surface area contributed by atoms with Crippen molar-refractivity contribution in [3.05, 3.63) is 54.4 Å². The smallest absolute Gasteiger partial charge is 0.244 e. The van der Waals surface area contributed by atoms with E-state index in [2.05, 4.69) is 4.98 Å². The van der Waals surface area contributed by atoms with Gasteiger partial charge in [0.15, 0.2) is 5.65 Å². The number of rotatable bonds is 3. The van der Waals surface area contributed by atoms with E-state index in [1.54, 1.807) is 24.3 Å².